The Balaban J connectivity index is 3.37. The predicted molar refractivity (Wildman–Crippen MR) is 87.1 cm³/mol. The van der Waals surface area contributed by atoms with E-state index in [1.54, 1.807) is 7.11 Å². The van der Waals surface area contributed by atoms with E-state index in [2.05, 4.69) is 6.92 Å². The van der Waals surface area contributed by atoms with Crippen molar-refractivity contribution >= 4 is 5.78 Å². The number of methoxy groups -OCH3 is 1. The van der Waals surface area contributed by atoms with Crippen LogP contribution in [0.15, 0.2) is 0 Å². The molecule has 0 aliphatic carbocycles. The molecule has 0 aromatic heterocycles. The van der Waals surface area contributed by atoms with Crippen LogP contribution in [-0.2, 0) is 9.53 Å². The van der Waals surface area contributed by atoms with Gasteiger partial charge in [-0.25, -0.2) is 0 Å². The van der Waals surface area contributed by atoms with Gasteiger partial charge in [-0.15, -0.1) is 0 Å². The SMILES string of the molecule is CCCCCCCCCCCCC(=O)C(OC)C(C)C. The van der Waals surface area contributed by atoms with Crippen molar-refractivity contribution < 1.29 is 9.53 Å². The molecule has 0 saturated carbocycles. The zero-order valence-electron chi connectivity index (χ0n) is 14.2. The molecule has 120 valence electrons. The summed E-state index contributed by atoms with van der Waals surface area (Å²) in [6.45, 7) is 6.35. The minimum atomic E-state index is -0.200. The highest BCUT2D eigenvalue weighted by molar-refractivity contribution is 5.83. The van der Waals surface area contributed by atoms with Crippen LogP contribution in [0.5, 0.6) is 0 Å². The highest BCUT2D eigenvalue weighted by atomic mass is 16.5. The second-order valence-corrected chi connectivity index (χ2v) is 6.30. The van der Waals surface area contributed by atoms with Gasteiger partial charge in [-0.3, -0.25) is 4.79 Å². The number of unbranched alkanes of at least 4 members (excludes halogenated alkanes) is 9. The lowest BCUT2D eigenvalue weighted by molar-refractivity contribution is -0.131. The maximum absolute atomic E-state index is 11.9. The summed E-state index contributed by atoms with van der Waals surface area (Å²) in [5, 5.41) is 0. The first-order chi connectivity index (χ1) is 9.63. The molecule has 20 heavy (non-hydrogen) atoms. The average Bonchev–Trinajstić information content (AvgIpc) is 2.41. The first kappa shape index (κ1) is 19.6. The Kier molecular flexibility index (Phi) is 13.4. The van der Waals surface area contributed by atoms with Crippen molar-refractivity contribution in [2.45, 2.75) is 97.5 Å². The molecular weight excluding hydrogens is 248 g/mol. The summed E-state index contributed by atoms with van der Waals surface area (Å²) in [6, 6.07) is 0. The second kappa shape index (κ2) is 13.6. The van der Waals surface area contributed by atoms with E-state index in [0.29, 0.717) is 6.42 Å². The van der Waals surface area contributed by atoms with Crippen molar-refractivity contribution in [3.05, 3.63) is 0 Å². The molecule has 0 aliphatic rings. The highest BCUT2D eigenvalue weighted by Crippen LogP contribution is 2.14. The van der Waals surface area contributed by atoms with Gasteiger partial charge in [0.1, 0.15) is 6.10 Å². The number of carbonyl (C=O) groups excluding carboxylic acids is 1. The number of ether oxygens (including phenoxy) is 1. The molecule has 1 atom stereocenters. The summed E-state index contributed by atoms with van der Waals surface area (Å²) >= 11 is 0. The van der Waals surface area contributed by atoms with Crippen LogP contribution in [0.4, 0.5) is 0 Å². The molecule has 2 nitrogen and oxygen atoms in total. The van der Waals surface area contributed by atoms with Crippen LogP contribution >= 0.6 is 0 Å². The smallest absolute Gasteiger partial charge is 0.161 e. The summed E-state index contributed by atoms with van der Waals surface area (Å²) in [4.78, 5) is 11.9. The fourth-order valence-corrected chi connectivity index (χ4v) is 2.70. The van der Waals surface area contributed by atoms with Crippen LogP contribution < -0.4 is 0 Å². The van der Waals surface area contributed by atoms with Gasteiger partial charge >= 0.3 is 0 Å². The normalized spacial score (nSPS) is 12.8. The number of carbonyl (C=O) groups is 1. The zero-order valence-corrected chi connectivity index (χ0v) is 14.2. The number of rotatable bonds is 14. The van der Waals surface area contributed by atoms with E-state index in [0.717, 1.165) is 6.42 Å². The van der Waals surface area contributed by atoms with Crippen LogP contribution in [-0.4, -0.2) is 19.0 Å². The molecule has 0 spiro atoms. The molecule has 0 radical (unpaired) electrons. The van der Waals surface area contributed by atoms with Crippen LogP contribution in [0.25, 0.3) is 0 Å². The first-order valence-corrected chi connectivity index (χ1v) is 8.69. The summed E-state index contributed by atoms with van der Waals surface area (Å²) < 4.78 is 5.27. The molecule has 0 amide bonds. The molecular formula is C18H36O2. The fraction of sp³-hybridized carbons (Fsp3) is 0.944. The van der Waals surface area contributed by atoms with Gasteiger partial charge in [0.25, 0.3) is 0 Å². The third-order valence-electron chi connectivity index (χ3n) is 3.95. The zero-order chi connectivity index (χ0) is 15.2. The van der Waals surface area contributed by atoms with E-state index < -0.39 is 0 Å². The van der Waals surface area contributed by atoms with Crippen molar-refractivity contribution in [3.8, 4) is 0 Å². The predicted octanol–water partition coefficient (Wildman–Crippen LogP) is 5.54. The van der Waals surface area contributed by atoms with Gasteiger partial charge in [0, 0.05) is 13.5 Å². The number of hydrogen-bond acceptors (Lipinski definition) is 2. The molecule has 0 heterocycles. The Morgan fingerprint density at radius 1 is 0.850 bits per heavy atom. The minimum Gasteiger partial charge on any atom is -0.373 e. The van der Waals surface area contributed by atoms with E-state index >= 15 is 0 Å². The minimum absolute atomic E-state index is 0.200. The van der Waals surface area contributed by atoms with Gasteiger partial charge in [0.05, 0.1) is 0 Å². The Bertz CT molecular complexity index is 223. The van der Waals surface area contributed by atoms with Gasteiger partial charge in [0.2, 0.25) is 0 Å². The molecule has 1 unspecified atom stereocenters. The maximum atomic E-state index is 11.9. The highest BCUT2D eigenvalue weighted by Gasteiger charge is 2.20. The van der Waals surface area contributed by atoms with Crippen molar-refractivity contribution in [1.29, 1.82) is 0 Å². The molecule has 0 N–H and O–H groups in total. The molecule has 0 aromatic rings. The lowest BCUT2D eigenvalue weighted by Crippen LogP contribution is -2.28. The summed E-state index contributed by atoms with van der Waals surface area (Å²) in [5.41, 5.74) is 0. The Morgan fingerprint density at radius 2 is 1.30 bits per heavy atom. The summed E-state index contributed by atoms with van der Waals surface area (Å²) in [5.74, 6) is 0.567. The number of Topliss-reactive ketones (excluding diaryl/α,β-unsaturated/α-hetero) is 1. The van der Waals surface area contributed by atoms with Crippen LogP contribution in [0.1, 0.15) is 91.4 Å². The van der Waals surface area contributed by atoms with Crippen molar-refractivity contribution in [2.24, 2.45) is 5.92 Å². The van der Waals surface area contributed by atoms with Gasteiger partial charge in [-0.2, -0.15) is 0 Å². The van der Waals surface area contributed by atoms with Crippen LogP contribution in [0, 0.1) is 5.92 Å². The van der Waals surface area contributed by atoms with Crippen LogP contribution in [0.2, 0.25) is 0 Å². The van der Waals surface area contributed by atoms with Gasteiger partial charge in [-0.1, -0.05) is 78.6 Å². The van der Waals surface area contributed by atoms with E-state index in [1.807, 2.05) is 13.8 Å². The van der Waals surface area contributed by atoms with Gasteiger partial charge in [-0.05, 0) is 12.3 Å². The second-order valence-electron chi connectivity index (χ2n) is 6.30. The topological polar surface area (TPSA) is 26.3 Å². The standard InChI is InChI=1S/C18H36O2/c1-5-6-7-8-9-10-11-12-13-14-15-17(19)18(20-4)16(2)3/h16,18H,5-15H2,1-4H3. The molecule has 0 saturated heterocycles. The number of ketones is 1. The lowest BCUT2D eigenvalue weighted by Gasteiger charge is -2.17. The average molecular weight is 284 g/mol. The van der Waals surface area contributed by atoms with Crippen molar-refractivity contribution in [1.82, 2.24) is 0 Å². The molecule has 0 fully saturated rings. The summed E-state index contributed by atoms with van der Waals surface area (Å²) in [7, 11) is 1.64. The van der Waals surface area contributed by atoms with Crippen LogP contribution in [0.3, 0.4) is 0 Å². The Labute approximate surface area is 126 Å². The quantitative estimate of drug-likeness (QED) is 0.392. The van der Waals surface area contributed by atoms with Gasteiger partial charge < -0.3 is 4.74 Å². The Hall–Kier alpha value is -0.370. The molecule has 0 bridgehead atoms. The van der Waals surface area contributed by atoms with E-state index in [4.69, 9.17) is 4.74 Å². The van der Waals surface area contributed by atoms with E-state index in [9.17, 15) is 4.79 Å². The lowest BCUT2D eigenvalue weighted by atomic mass is 9.98. The van der Waals surface area contributed by atoms with Gasteiger partial charge in [0.15, 0.2) is 5.78 Å². The molecule has 0 aromatic carbocycles. The fourth-order valence-electron chi connectivity index (χ4n) is 2.70. The van der Waals surface area contributed by atoms with Crippen molar-refractivity contribution in [3.63, 3.8) is 0 Å². The summed E-state index contributed by atoms with van der Waals surface area (Å²) in [6.07, 6.45) is 13.6. The maximum Gasteiger partial charge on any atom is 0.161 e. The van der Waals surface area contributed by atoms with E-state index in [1.165, 1.54) is 57.8 Å². The Morgan fingerprint density at radius 3 is 1.70 bits per heavy atom. The van der Waals surface area contributed by atoms with Crippen molar-refractivity contribution in [2.75, 3.05) is 7.11 Å². The van der Waals surface area contributed by atoms with E-state index in [-0.39, 0.29) is 17.8 Å². The third kappa shape index (κ3) is 10.4. The largest absolute Gasteiger partial charge is 0.373 e. The first-order valence-electron chi connectivity index (χ1n) is 8.69. The number of hydrogen-bond donors (Lipinski definition) is 0. The monoisotopic (exact) mass is 284 g/mol. The molecule has 0 rings (SSSR count). The molecule has 2 heteroatoms. The molecule has 0 aliphatic heterocycles. The third-order valence-corrected chi connectivity index (χ3v) is 3.95.